The van der Waals surface area contributed by atoms with E-state index in [0.29, 0.717) is 0 Å². The fourth-order valence-corrected chi connectivity index (χ4v) is 5.07. The number of imidazole rings is 1. The molecule has 1 saturated carbocycles. The van der Waals surface area contributed by atoms with Crippen molar-refractivity contribution < 1.29 is 27.9 Å². The van der Waals surface area contributed by atoms with Crippen molar-refractivity contribution in [1.29, 1.82) is 0 Å². The van der Waals surface area contributed by atoms with Crippen LogP contribution >= 0.6 is 0 Å². The number of hydrogen-bond donors (Lipinski definition) is 1. The number of hydrogen-bond acceptors (Lipinski definition) is 4. The summed E-state index contributed by atoms with van der Waals surface area (Å²) in [5, 5.41) is 7.12. The van der Waals surface area contributed by atoms with E-state index in [4.69, 9.17) is 14.9 Å². The summed E-state index contributed by atoms with van der Waals surface area (Å²) in [5.74, 6) is -0.566. The third-order valence-electron chi connectivity index (χ3n) is 6.92. The smallest absolute Gasteiger partial charge is 0.475 e. The Kier molecular flexibility index (Phi) is 6.71. The molecule has 1 aromatic carbocycles. The van der Waals surface area contributed by atoms with Gasteiger partial charge < -0.3 is 19.5 Å². The van der Waals surface area contributed by atoms with E-state index in [0.717, 1.165) is 50.8 Å². The molecule has 3 heterocycles. The van der Waals surface area contributed by atoms with Gasteiger partial charge in [0.15, 0.2) is 0 Å². The summed E-state index contributed by atoms with van der Waals surface area (Å²) in [6.45, 7) is 6.68. The minimum atomic E-state index is -5.08. The van der Waals surface area contributed by atoms with Gasteiger partial charge in [-0.25, -0.2) is 9.78 Å². The molecule has 1 spiro atoms. The van der Waals surface area contributed by atoms with Crippen LogP contribution in [0.5, 0.6) is 0 Å². The Morgan fingerprint density at radius 3 is 2.24 bits per heavy atom. The highest BCUT2D eigenvalue weighted by atomic mass is 19.4. The second-order valence-electron chi connectivity index (χ2n) is 9.23. The van der Waals surface area contributed by atoms with Crippen LogP contribution in [-0.2, 0) is 21.7 Å². The van der Waals surface area contributed by atoms with Crippen LogP contribution in [0.25, 0.3) is 11.3 Å². The molecule has 2 aliphatic heterocycles. The van der Waals surface area contributed by atoms with Crippen molar-refractivity contribution >= 4 is 11.9 Å². The standard InChI is InChI=1S/C22H28N4O.C2HF3O2/c1-17(27)26-14-13-25-20(19-5-3-2-4-6-19)15-23-21(25)22(26)9-11-24(12-10-22)16-18-7-8-18;3-2(4,5)1(6)7/h2-6,15,18H,7-14,16H2,1H3;(H,6,7). The lowest BCUT2D eigenvalue weighted by molar-refractivity contribution is -0.192. The number of alkyl halides is 3. The number of carboxylic acids is 1. The molecule has 2 fully saturated rings. The molecule has 0 atom stereocenters. The van der Waals surface area contributed by atoms with Gasteiger partial charge in [-0.2, -0.15) is 13.2 Å². The maximum atomic E-state index is 12.5. The largest absolute Gasteiger partial charge is 0.490 e. The molecule has 0 bridgehead atoms. The maximum absolute atomic E-state index is 12.5. The van der Waals surface area contributed by atoms with Crippen molar-refractivity contribution in [3.8, 4) is 11.3 Å². The van der Waals surface area contributed by atoms with Crippen LogP contribution < -0.4 is 0 Å². The Morgan fingerprint density at radius 1 is 1.09 bits per heavy atom. The molecular formula is C24H29F3N4O3. The average Bonchev–Trinajstić information content (AvgIpc) is 3.50. The molecule has 1 N–H and O–H groups in total. The second-order valence-corrected chi connectivity index (χ2v) is 9.23. The summed E-state index contributed by atoms with van der Waals surface area (Å²) in [5.41, 5.74) is 2.14. The Morgan fingerprint density at radius 2 is 1.71 bits per heavy atom. The normalized spacial score (nSPS) is 19.8. The van der Waals surface area contributed by atoms with Crippen molar-refractivity contribution in [2.45, 2.75) is 50.9 Å². The molecule has 1 aliphatic carbocycles. The number of rotatable bonds is 3. The van der Waals surface area contributed by atoms with Crippen molar-refractivity contribution in [2.75, 3.05) is 26.2 Å². The van der Waals surface area contributed by atoms with Crippen molar-refractivity contribution in [3.05, 3.63) is 42.4 Å². The molecule has 2 aromatic rings. The number of halogens is 3. The molecule has 0 radical (unpaired) electrons. The molecule has 10 heteroatoms. The number of nitrogens with zero attached hydrogens (tertiary/aromatic N) is 4. The van der Waals surface area contributed by atoms with E-state index in [9.17, 15) is 18.0 Å². The summed E-state index contributed by atoms with van der Waals surface area (Å²) < 4.78 is 34.1. The topological polar surface area (TPSA) is 78.7 Å². The quantitative estimate of drug-likeness (QED) is 0.727. The monoisotopic (exact) mass is 478 g/mol. The number of piperidine rings is 1. The van der Waals surface area contributed by atoms with Gasteiger partial charge in [0.2, 0.25) is 5.91 Å². The first-order chi connectivity index (χ1) is 16.1. The SMILES string of the molecule is CC(=O)N1CCn2c(-c3ccccc3)cnc2C12CCN(CC1CC1)CC2.O=C(O)C(F)(F)F. The van der Waals surface area contributed by atoms with Crippen LogP contribution in [0, 0.1) is 5.92 Å². The number of benzene rings is 1. The maximum Gasteiger partial charge on any atom is 0.490 e. The average molecular weight is 479 g/mol. The van der Waals surface area contributed by atoms with Gasteiger partial charge in [-0.15, -0.1) is 0 Å². The van der Waals surface area contributed by atoms with E-state index in [1.165, 1.54) is 30.6 Å². The van der Waals surface area contributed by atoms with Gasteiger partial charge >= 0.3 is 12.1 Å². The molecule has 184 valence electrons. The summed E-state index contributed by atoms with van der Waals surface area (Å²) in [7, 11) is 0. The predicted molar refractivity (Wildman–Crippen MR) is 119 cm³/mol. The fourth-order valence-electron chi connectivity index (χ4n) is 5.07. The van der Waals surface area contributed by atoms with Crippen LogP contribution in [0.2, 0.25) is 0 Å². The number of fused-ring (bicyclic) bond motifs is 2. The molecule has 3 aliphatic rings. The lowest BCUT2D eigenvalue weighted by atomic mass is 9.83. The van der Waals surface area contributed by atoms with Crippen molar-refractivity contribution in [3.63, 3.8) is 0 Å². The minimum Gasteiger partial charge on any atom is -0.475 e. The van der Waals surface area contributed by atoms with Crippen LogP contribution in [0.4, 0.5) is 13.2 Å². The van der Waals surface area contributed by atoms with E-state index in [1.807, 2.05) is 12.3 Å². The number of carboxylic acid groups (broad SMARTS) is 1. The summed E-state index contributed by atoms with van der Waals surface area (Å²) in [4.78, 5) is 31.0. The highest BCUT2D eigenvalue weighted by molar-refractivity contribution is 5.75. The van der Waals surface area contributed by atoms with Crippen molar-refractivity contribution in [2.24, 2.45) is 5.92 Å². The van der Waals surface area contributed by atoms with E-state index in [2.05, 4.69) is 38.6 Å². The zero-order chi connectivity index (χ0) is 24.5. The van der Waals surface area contributed by atoms with Crippen LogP contribution in [0.15, 0.2) is 36.5 Å². The first-order valence-corrected chi connectivity index (χ1v) is 11.5. The zero-order valence-electron chi connectivity index (χ0n) is 19.1. The number of amides is 1. The molecule has 1 aromatic heterocycles. The lowest BCUT2D eigenvalue weighted by Crippen LogP contribution is -2.59. The van der Waals surface area contributed by atoms with E-state index in [-0.39, 0.29) is 11.4 Å². The second kappa shape index (κ2) is 9.40. The van der Waals surface area contributed by atoms with Gasteiger partial charge in [-0.1, -0.05) is 30.3 Å². The molecule has 1 saturated heterocycles. The number of carbonyl (C=O) groups is 2. The summed E-state index contributed by atoms with van der Waals surface area (Å²) in [6, 6.07) is 10.5. The fraction of sp³-hybridized carbons (Fsp3) is 0.542. The summed E-state index contributed by atoms with van der Waals surface area (Å²) in [6.07, 6.45) is 1.69. The number of likely N-dealkylation sites (tertiary alicyclic amines) is 1. The lowest BCUT2D eigenvalue weighted by Gasteiger charge is -2.50. The molecule has 5 rings (SSSR count). The zero-order valence-corrected chi connectivity index (χ0v) is 19.1. The highest BCUT2D eigenvalue weighted by Gasteiger charge is 2.48. The van der Waals surface area contributed by atoms with Gasteiger partial charge in [-0.3, -0.25) is 4.79 Å². The Labute approximate surface area is 196 Å². The number of carbonyl (C=O) groups excluding carboxylic acids is 1. The van der Waals surface area contributed by atoms with Gasteiger partial charge in [0.1, 0.15) is 11.4 Å². The Hall–Kier alpha value is -2.88. The predicted octanol–water partition coefficient (Wildman–Crippen LogP) is 3.75. The third kappa shape index (κ3) is 4.96. The summed E-state index contributed by atoms with van der Waals surface area (Å²) >= 11 is 0. The van der Waals surface area contributed by atoms with E-state index < -0.39 is 12.1 Å². The van der Waals surface area contributed by atoms with Crippen LogP contribution in [0.1, 0.15) is 38.4 Å². The third-order valence-corrected chi connectivity index (χ3v) is 6.92. The number of aromatic nitrogens is 2. The van der Waals surface area contributed by atoms with Gasteiger partial charge in [-0.05, 0) is 37.2 Å². The molecular weight excluding hydrogens is 449 g/mol. The minimum absolute atomic E-state index is 0.182. The van der Waals surface area contributed by atoms with Gasteiger partial charge in [0, 0.05) is 39.6 Å². The molecule has 1 amide bonds. The first kappa shape index (κ1) is 24.3. The molecule has 7 nitrogen and oxygen atoms in total. The molecule has 34 heavy (non-hydrogen) atoms. The van der Waals surface area contributed by atoms with E-state index >= 15 is 0 Å². The molecule has 0 unspecified atom stereocenters. The first-order valence-electron chi connectivity index (χ1n) is 11.5. The van der Waals surface area contributed by atoms with Gasteiger partial charge in [0.05, 0.1) is 11.9 Å². The van der Waals surface area contributed by atoms with Gasteiger partial charge in [0.25, 0.3) is 0 Å². The Bertz CT molecular complexity index is 1030. The van der Waals surface area contributed by atoms with Crippen molar-refractivity contribution in [1.82, 2.24) is 19.4 Å². The Balaban J connectivity index is 0.000000344. The van der Waals surface area contributed by atoms with E-state index in [1.54, 1.807) is 6.92 Å². The highest BCUT2D eigenvalue weighted by Crippen LogP contribution is 2.43. The van der Waals surface area contributed by atoms with Crippen LogP contribution in [0.3, 0.4) is 0 Å². The van der Waals surface area contributed by atoms with Crippen LogP contribution in [-0.4, -0.2) is 68.7 Å². The number of aliphatic carboxylic acids is 1.